The molecule has 0 aromatic heterocycles. The van der Waals surface area contributed by atoms with Crippen LogP contribution in [0.2, 0.25) is 0 Å². The zero-order valence-corrected chi connectivity index (χ0v) is 14.3. The fourth-order valence-electron chi connectivity index (χ4n) is 2.56. The number of aliphatic hydroxyl groups is 1. The molecule has 0 unspecified atom stereocenters. The molecule has 1 rings (SSSR count). The first kappa shape index (κ1) is 19.8. The number of ether oxygens (including phenoxy) is 3. The Bertz CT molecular complexity index is 246. The number of piperidine rings is 1. The van der Waals surface area contributed by atoms with E-state index in [1.807, 2.05) is 0 Å². The maximum atomic E-state index is 8.53. The van der Waals surface area contributed by atoms with Crippen LogP contribution in [0.15, 0.2) is 0 Å². The highest BCUT2D eigenvalue weighted by Crippen LogP contribution is 2.12. The van der Waals surface area contributed by atoms with Crippen LogP contribution < -0.4 is 5.32 Å². The molecule has 132 valence electrons. The number of hydrogen-bond acceptors (Lipinski definition) is 6. The number of hydrogen-bond donors (Lipinski definition) is 2. The molecule has 0 radical (unpaired) electrons. The van der Waals surface area contributed by atoms with Crippen molar-refractivity contribution in [2.45, 2.75) is 38.8 Å². The second-order valence-electron chi connectivity index (χ2n) is 5.92. The molecule has 0 atom stereocenters. The first-order chi connectivity index (χ1) is 10.7. The molecule has 0 saturated carbocycles. The highest BCUT2D eigenvalue weighted by molar-refractivity contribution is 4.78. The van der Waals surface area contributed by atoms with Crippen molar-refractivity contribution in [1.29, 1.82) is 0 Å². The summed E-state index contributed by atoms with van der Waals surface area (Å²) >= 11 is 0. The van der Waals surface area contributed by atoms with Crippen LogP contribution in [0.25, 0.3) is 0 Å². The van der Waals surface area contributed by atoms with Gasteiger partial charge < -0.3 is 29.5 Å². The van der Waals surface area contributed by atoms with E-state index in [9.17, 15) is 0 Å². The molecule has 6 nitrogen and oxygen atoms in total. The summed E-state index contributed by atoms with van der Waals surface area (Å²) in [6.07, 6.45) is 2.46. The minimum atomic E-state index is 0.0621. The van der Waals surface area contributed by atoms with E-state index in [0.717, 1.165) is 13.2 Å². The molecule has 1 saturated heterocycles. The maximum absolute atomic E-state index is 8.53. The molecule has 0 amide bonds. The second kappa shape index (κ2) is 13.2. The van der Waals surface area contributed by atoms with Crippen molar-refractivity contribution in [1.82, 2.24) is 10.2 Å². The summed E-state index contributed by atoms with van der Waals surface area (Å²) in [6, 6.07) is 1.30. The van der Waals surface area contributed by atoms with Gasteiger partial charge in [0, 0.05) is 18.6 Å². The van der Waals surface area contributed by atoms with E-state index < -0.39 is 0 Å². The summed E-state index contributed by atoms with van der Waals surface area (Å²) in [6.45, 7) is 11.3. The van der Waals surface area contributed by atoms with E-state index in [1.165, 1.54) is 25.9 Å². The Labute approximate surface area is 135 Å². The van der Waals surface area contributed by atoms with Crippen LogP contribution in [0.5, 0.6) is 0 Å². The quantitative estimate of drug-likeness (QED) is 0.482. The van der Waals surface area contributed by atoms with Gasteiger partial charge in [0.1, 0.15) is 0 Å². The zero-order chi connectivity index (χ0) is 16.0. The minimum absolute atomic E-state index is 0.0621. The molecule has 0 bridgehead atoms. The third kappa shape index (κ3) is 9.71. The largest absolute Gasteiger partial charge is 0.394 e. The Morgan fingerprint density at radius 1 is 0.955 bits per heavy atom. The normalized spacial score (nSPS) is 17.5. The predicted octanol–water partition coefficient (Wildman–Crippen LogP) is 0.491. The van der Waals surface area contributed by atoms with Crippen LogP contribution in [0, 0.1) is 0 Å². The van der Waals surface area contributed by atoms with Gasteiger partial charge in [0.15, 0.2) is 0 Å². The highest BCUT2D eigenvalue weighted by atomic mass is 16.5. The van der Waals surface area contributed by atoms with Gasteiger partial charge in [-0.05, 0) is 39.8 Å². The van der Waals surface area contributed by atoms with Crippen molar-refractivity contribution in [2.24, 2.45) is 0 Å². The average Bonchev–Trinajstić information content (AvgIpc) is 2.53. The summed E-state index contributed by atoms with van der Waals surface area (Å²) < 4.78 is 16.0. The molecule has 0 spiro atoms. The molecule has 1 heterocycles. The molecule has 6 heteroatoms. The fourth-order valence-corrected chi connectivity index (χ4v) is 2.56. The Balaban J connectivity index is 1.80. The first-order valence-electron chi connectivity index (χ1n) is 8.55. The SMILES string of the molecule is CC(C)N1CCC(NCCOCCOCCOCCO)CC1. The smallest absolute Gasteiger partial charge is 0.0701 e. The molecule has 0 aromatic carbocycles. The van der Waals surface area contributed by atoms with E-state index in [1.54, 1.807) is 0 Å². The van der Waals surface area contributed by atoms with Crippen molar-refractivity contribution in [3.8, 4) is 0 Å². The van der Waals surface area contributed by atoms with Crippen LogP contribution in [-0.4, -0.2) is 88.0 Å². The molecular formula is C16H34N2O4. The first-order valence-corrected chi connectivity index (χ1v) is 8.55. The number of rotatable bonds is 13. The number of nitrogens with zero attached hydrogens (tertiary/aromatic N) is 1. The van der Waals surface area contributed by atoms with Gasteiger partial charge in [-0.3, -0.25) is 0 Å². The lowest BCUT2D eigenvalue weighted by Gasteiger charge is -2.35. The average molecular weight is 318 g/mol. The van der Waals surface area contributed by atoms with Gasteiger partial charge >= 0.3 is 0 Å². The van der Waals surface area contributed by atoms with Crippen LogP contribution in [-0.2, 0) is 14.2 Å². The standard InChI is InChI=1S/C16H34N2O4/c1-15(2)18-6-3-16(4-7-18)17-5-9-20-11-13-22-14-12-21-10-8-19/h15-17,19H,3-14H2,1-2H3. The van der Waals surface area contributed by atoms with Gasteiger partial charge in [0.2, 0.25) is 0 Å². The Morgan fingerprint density at radius 3 is 2.05 bits per heavy atom. The van der Waals surface area contributed by atoms with E-state index >= 15 is 0 Å². The summed E-state index contributed by atoms with van der Waals surface area (Å²) in [5.74, 6) is 0. The number of aliphatic hydroxyl groups excluding tert-OH is 1. The monoisotopic (exact) mass is 318 g/mol. The van der Waals surface area contributed by atoms with E-state index in [-0.39, 0.29) is 6.61 Å². The van der Waals surface area contributed by atoms with Crippen LogP contribution in [0.1, 0.15) is 26.7 Å². The van der Waals surface area contributed by atoms with Crippen LogP contribution in [0.4, 0.5) is 0 Å². The Hall–Kier alpha value is -0.240. The van der Waals surface area contributed by atoms with Gasteiger partial charge in [-0.1, -0.05) is 0 Å². The number of likely N-dealkylation sites (tertiary alicyclic amines) is 1. The van der Waals surface area contributed by atoms with E-state index in [2.05, 4.69) is 24.1 Å². The third-order valence-corrected chi connectivity index (χ3v) is 3.92. The van der Waals surface area contributed by atoms with Crippen molar-refractivity contribution in [2.75, 3.05) is 65.9 Å². The van der Waals surface area contributed by atoms with Crippen molar-refractivity contribution in [3.05, 3.63) is 0 Å². The van der Waals surface area contributed by atoms with Crippen LogP contribution >= 0.6 is 0 Å². The summed E-state index contributed by atoms with van der Waals surface area (Å²) in [5.41, 5.74) is 0. The predicted molar refractivity (Wildman–Crippen MR) is 87.3 cm³/mol. The Morgan fingerprint density at radius 2 is 1.50 bits per heavy atom. The van der Waals surface area contributed by atoms with Gasteiger partial charge in [0.25, 0.3) is 0 Å². The lowest BCUT2D eigenvalue weighted by Crippen LogP contribution is -2.45. The topological polar surface area (TPSA) is 63.2 Å². The molecule has 1 aliphatic heterocycles. The Kier molecular flexibility index (Phi) is 11.9. The maximum Gasteiger partial charge on any atom is 0.0701 e. The lowest BCUT2D eigenvalue weighted by molar-refractivity contribution is 0.00777. The lowest BCUT2D eigenvalue weighted by atomic mass is 10.0. The fraction of sp³-hybridized carbons (Fsp3) is 1.00. The molecule has 22 heavy (non-hydrogen) atoms. The summed E-state index contributed by atoms with van der Waals surface area (Å²) in [5, 5.41) is 12.1. The number of nitrogens with one attached hydrogen (secondary N) is 1. The van der Waals surface area contributed by atoms with E-state index in [4.69, 9.17) is 19.3 Å². The van der Waals surface area contributed by atoms with Gasteiger partial charge in [0.05, 0.1) is 46.2 Å². The van der Waals surface area contributed by atoms with Gasteiger partial charge in [-0.2, -0.15) is 0 Å². The van der Waals surface area contributed by atoms with Crippen molar-refractivity contribution < 1.29 is 19.3 Å². The molecule has 1 fully saturated rings. The van der Waals surface area contributed by atoms with Gasteiger partial charge in [-0.25, -0.2) is 0 Å². The highest BCUT2D eigenvalue weighted by Gasteiger charge is 2.19. The minimum Gasteiger partial charge on any atom is -0.394 e. The van der Waals surface area contributed by atoms with Crippen molar-refractivity contribution >= 4 is 0 Å². The molecule has 1 aliphatic rings. The van der Waals surface area contributed by atoms with Gasteiger partial charge in [-0.15, -0.1) is 0 Å². The molecule has 2 N–H and O–H groups in total. The van der Waals surface area contributed by atoms with Crippen LogP contribution in [0.3, 0.4) is 0 Å². The zero-order valence-electron chi connectivity index (χ0n) is 14.3. The molecule has 0 aromatic rings. The molecule has 0 aliphatic carbocycles. The summed E-state index contributed by atoms with van der Waals surface area (Å²) in [4.78, 5) is 2.54. The van der Waals surface area contributed by atoms with Crippen molar-refractivity contribution in [3.63, 3.8) is 0 Å². The third-order valence-electron chi connectivity index (χ3n) is 3.92. The van der Waals surface area contributed by atoms with E-state index in [0.29, 0.717) is 45.1 Å². The summed E-state index contributed by atoms with van der Waals surface area (Å²) in [7, 11) is 0. The molecular weight excluding hydrogens is 284 g/mol. The second-order valence-corrected chi connectivity index (χ2v) is 5.92.